The van der Waals surface area contributed by atoms with E-state index < -0.39 is 0 Å². The predicted molar refractivity (Wildman–Crippen MR) is 86.9 cm³/mol. The lowest BCUT2D eigenvalue weighted by molar-refractivity contribution is 0.0934. The van der Waals surface area contributed by atoms with E-state index >= 15 is 0 Å². The van der Waals surface area contributed by atoms with Crippen LogP contribution in [0.4, 0.5) is 4.39 Å². The number of aromatic nitrogens is 2. The fourth-order valence-electron chi connectivity index (χ4n) is 2.96. The summed E-state index contributed by atoms with van der Waals surface area (Å²) in [6.45, 7) is 4.81. The van der Waals surface area contributed by atoms with Crippen molar-refractivity contribution in [2.75, 3.05) is 0 Å². The zero-order valence-corrected chi connectivity index (χ0v) is 13.6. The second-order valence-corrected chi connectivity index (χ2v) is 6.26. The van der Waals surface area contributed by atoms with Crippen LogP contribution >= 0.6 is 0 Å². The summed E-state index contributed by atoms with van der Waals surface area (Å²) in [6, 6.07) is 6.85. The fraction of sp³-hybridized carbons (Fsp3) is 0.444. The standard InChI is InChI=1S/C18H22FN3O/c1-3-12(2)20-18(23)16-11-22-10-14(6-9-17(22)21-16)13-4-7-15(19)8-5-13/h4-5,7-8,11-12,14H,3,6,9-10H2,1-2H3,(H,20,23). The minimum atomic E-state index is -0.211. The average molecular weight is 315 g/mol. The molecule has 1 aliphatic rings. The topological polar surface area (TPSA) is 46.9 Å². The van der Waals surface area contributed by atoms with E-state index in [0.29, 0.717) is 11.6 Å². The molecule has 3 rings (SSSR count). The molecule has 0 radical (unpaired) electrons. The first-order chi connectivity index (χ1) is 11.1. The number of nitrogens with zero attached hydrogens (tertiary/aromatic N) is 2. The highest BCUT2D eigenvalue weighted by atomic mass is 19.1. The molecule has 2 aromatic rings. The number of amides is 1. The molecule has 2 unspecified atom stereocenters. The van der Waals surface area contributed by atoms with Crippen molar-refractivity contribution in [3.63, 3.8) is 0 Å². The van der Waals surface area contributed by atoms with Gasteiger partial charge >= 0.3 is 0 Å². The van der Waals surface area contributed by atoms with Crippen LogP contribution in [0.2, 0.25) is 0 Å². The molecule has 0 spiro atoms. The van der Waals surface area contributed by atoms with Gasteiger partial charge in [0.15, 0.2) is 0 Å². The summed E-state index contributed by atoms with van der Waals surface area (Å²) in [7, 11) is 0. The van der Waals surface area contributed by atoms with E-state index in [9.17, 15) is 9.18 Å². The summed E-state index contributed by atoms with van der Waals surface area (Å²) >= 11 is 0. The molecule has 2 heterocycles. The maximum Gasteiger partial charge on any atom is 0.271 e. The lowest BCUT2D eigenvalue weighted by atomic mass is 9.92. The molecule has 23 heavy (non-hydrogen) atoms. The van der Waals surface area contributed by atoms with Crippen molar-refractivity contribution in [2.45, 2.75) is 51.6 Å². The minimum Gasteiger partial charge on any atom is -0.348 e. The van der Waals surface area contributed by atoms with Crippen LogP contribution < -0.4 is 5.32 Å². The summed E-state index contributed by atoms with van der Waals surface area (Å²) in [5.41, 5.74) is 1.62. The molecule has 1 aromatic heterocycles. The van der Waals surface area contributed by atoms with Gasteiger partial charge in [-0.2, -0.15) is 0 Å². The SMILES string of the molecule is CCC(C)NC(=O)c1cn2c(n1)CCC(c1ccc(F)cc1)C2. The van der Waals surface area contributed by atoms with E-state index in [0.717, 1.165) is 37.2 Å². The third-order valence-corrected chi connectivity index (χ3v) is 4.56. The molecule has 1 N–H and O–H groups in total. The van der Waals surface area contributed by atoms with Crippen LogP contribution in [0, 0.1) is 5.82 Å². The Hall–Kier alpha value is -2.17. The summed E-state index contributed by atoms with van der Waals surface area (Å²) in [5, 5.41) is 2.95. The third kappa shape index (κ3) is 3.44. The summed E-state index contributed by atoms with van der Waals surface area (Å²) < 4.78 is 15.1. The second kappa shape index (κ2) is 6.52. The average Bonchev–Trinajstić information content (AvgIpc) is 2.98. The van der Waals surface area contributed by atoms with Gasteiger partial charge in [0.25, 0.3) is 5.91 Å². The largest absolute Gasteiger partial charge is 0.348 e. The van der Waals surface area contributed by atoms with Gasteiger partial charge in [-0.3, -0.25) is 4.79 Å². The number of carbonyl (C=O) groups is 1. The number of aryl methyl sites for hydroxylation is 1. The molecule has 122 valence electrons. The Balaban J connectivity index is 1.74. The molecular weight excluding hydrogens is 293 g/mol. The van der Waals surface area contributed by atoms with Crippen LogP contribution in [0.1, 0.15) is 54.5 Å². The van der Waals surface area contributed by atoms with Crippen LogP contribution in [0.3, 0.4) is 0 Å². The van der Waals surface area contributed by atoms with Crippen molar-refractivity contribution in [3.05, 3.63) is 53.4 Å². The second-order valence-electron chi connectivity index (χ2n) is 6.26. The van der Waals surface area contributed by atoms with Gasteiger partial charge in [0.2, 0.25) is 0 Å². The lowest BCUT2D eigenvalue weighted by Gasteiger charge is -2.24. The first-order valence-electron chi connectivity index (χ1n) is 8.19. The highest BCUT2D eigenvalue weighted by Gasteiger charge is 2.23. The number of benzene rings is 1. The van der Waals surface area contributed by atoms with E-state index in [2.05, 4.69) is 14.9 Å². The van der Waals surface area contributed by atoms with Crippen LogP contribution in [0.15, 0.2) is 30.5 Å². The van der Waals surface area contributed by atoms with Crippen molar-refractivity contribution in [1.29, 1.82) is 0 Å². The molecule has 0 saturated carbocycles. The molecular formula is C18H22FN3O. The normalized spacial score (nSPS) is 18.3. The highest BCUT2D eigenvalue weighted by Crippen LogP contribution is 2.28. The molecule has 0 aliphatic carbocycles. The molecule has 5 heteroatoms. The quantitative estimate of drug-likeness (QED) is 0.941. The first-order valence-corrected chi connectivity index (χ1v) is 8.19. The Bertz CT molecular complexity index is 693. The molecule has 1 amide bonds. The van der Waals surface area contributed by atoms with Crippen molar-refractivity contribution in [3.8, 4) is 0 Å². The first kappa shape index (κ1) is 15.7. The summed E-state index contributed by atoms with van der Waals surface area (Å²) in [4.78, 5) is 16.7. The number of halogens is 1. The number of nitrogens with one attached hydrogen (secondary N) is 1. The van der Waals surface area contributed by atoms with Gasteiger partial charge in [-0.05, 0) is 37.5 Å². The Kier molecular flexibility index (Phi) is 4.46. The zero-order chi connectivity index (χ0) is 16.4. The van der Waals surface area contributed by atoms with Gasteiger partial charge in [-0.15, -0.1) is 0 Å². The molecule has 1 aromatic carbocycles. The van der Waals surface area contributed by atoms with Crippen molar-refractivity contribution < 1.29 is 9.18 Å². The predicted octanol–water partition coefficient (Wildman–Crippen LogP) is 3.28. The molecule has 2 atom stereocenters. The van der Waals surface area contributed by atoms with Gasteiger partial charge in [-0.25, -0.2) is 9.37 Å². The summed E-state index contributed by atoms with van der Waals surface area (Å²) in [5.74, 6) is 0.969. The number of hydrogen-bond acceptors (Lipinski definition) is 2. The highest BCUT2D eigenvalue weighted by molar-refractivity contribution is 5.92. The Morgan fingerprint density at radius 1 is 1.43 bits per heavy atom. The molecule has 0 fully saturated rings. The summed E-state index contributed by atoms with van der Waals surface area (Å²) in [6.07, 6.45) is 4.53. The van der Waals surface area contributed by atoms with Gasteiger partial charge in [0, 0.05) is 31.1 Å². The van der Waals surface area contributed by atoms with Gasteiger partial charge in [0.1, 0.15) is 17.3 Å². The number of rotatable bonds is 4. The zero-order valence-electron chi connectivity index (χ0n) is 13.6. The number of carbonyl (C=O) groups excluding carboxylic acids is 1. The molecule has 0 saturated heterocycles. The van der Waals surface area contributed by atoms with E-state index in [-0.39, 0.29) is 17.8 Å². The van der Waals surface area contributed by atoms with E-state index in [4.69, 9.17) is 0 Å². The van der Waals surface area contributed by atoms with Crippen molar-refractivity contribution >= 4 is 5.91 Å². The monoisotopic (exact) mass is 315 g/mol. The smallest absolute Gasteiger partial charge is 0.271 e. The number of fused-ring (bicyclic) bond motifs is 1. The Labute approximate surface area is 135 Å². The van der Waals surface area contributed by atoms with E-state index in [1.54, 1.807) is 0 Å². The molecule has 4 nitrogen and oxygen atoms in total. The Morgan fingerprint density at radius 3 is 2.87 bits per heavy atom. The maximum atomic E-state index is 13.1. The van der Waals surface area contributed by atoms with Crippen molar-refractivity contribution in [1.82, 2.24) is 14.9 Å². The molecule has 1 aliphatic heterocycles. The maximum absolute atomic E-state index is 13.1. The lowest BCUT2D eigenvalue weighted by Crippen LogP contribution is -2.32. The molecule has 0 bridgehead atoms. The van der Waals surface area contributed by atoms with Crippen LogP contribution in [0.25, 0.3) is 0 Å². The third-order valence-electron chi connectivity index (χ3n) is 4.56. The van der Waals surface area contributed by atoms with E-state index in [1.807, 2.05) is 32.2 Å². The van der Waals surface area contributed by atoms with Gasteiger partial charge in [-0.1, -0.05) is 19.1 Å². The van der Waals surface area contributed by atoms with Gasteiger partial charge in [0.05, 0.1) is 0 Å². The van der Waals surface area contributed by atoms with Crippen LogP contribution in [0.5, 0.6) is 0 Å². The van der Waals surface area contributed by atoms with Crippen LogP contribution in [-0.2, 0) is 13.0 Å². The minimum absolute atomic E-state index is 0.111. The fourth-order valence-corrected chi connectivity index (χ4v) is 2.96. The number of imidazole rings is 1. The van der Waals surface area contributed by atoms with Crippen molar-refractivity contribution in [2.24, 2.45) is 0 Å². The van der Waals surface area contributed by atoms with Crippen LogP contribution in [-0.4, -0.2) is 21.5 Å². The van der Waals surface area contributed by atoms with E-state index in [1.165, 1.54) is 12.1 Å². The number of hydrogen-bond donors (Lipinski definition) is 1. The van der Waals surface area contributed by atoms with Gasteiger partial charge < -0.3 is 9.88 Å². The Morgan fingerprint density at radius 2 is 2.17 bits per heavy atom.